The molecule has 1 aromatic rings. The Morgan fingerprint density at radius 1 is 1.25 bits per heavy atom. The van der Waals surface area contributed by atoms with Gasteiger partial charge in [-0.05, 0) is 37.8 Å². The Kier molecular flexibility index (Phi) is 3.76. The van der Waals surface area contributed by atoms with E-state index in [4.69, 9.17) is 6.42 Å². The van der Waals surface area contributed by atoms with Gasteiger partial charge in [-0.2, -0.15) is 0 Å². The monoisotopic (exact) mass is 286 g/mol. The quantitative estimate of drug-likeness (QED) is 0.619. The Morgan fingerprint density at radius 3 is 2.60 bits per heavy atom. The minimum absolute atomic E-state index is 0.0241. The molecular formula is C17H18O2S. The number of benzene rings is 1. The number of carbonyl (C=O) groups excluding carboxylic acids is 1. The zero-order valence-corrected chi connectivity index (χ0v) is 12.2. The van der Waals surface area contributed by atoms with Gasteiger partial charge in [-0.25, -0.2) is 0 Å². The average molecular weight is 286 g/mol. The zero-order valence-electron chi connectivity index (χ0n) is 11.4. The lowest BCUT2D eigenvalue weighted by Crippen LogP contribution is -2.41. The van der Waals surface area contributed by atoms with Gasteiger partial charge in [0.2, 0.25) is 0 Å². The molecule has 0 aliphatic carbocycles. The van der Waals surface area contributed by atoms with E-state index in [2.05, 4.69) is 5.92 Å². The van der Waals surface area contributed by atoms with Gasteiger partial charge in [0.1, 0.15) is 0 Å². The topological polar surface area (TPSA) is 34.1 Å². The van der Waals surface area contributed by atoms with Crippen LogP contribution in [-0.2, 0) is 10.8 Å². The molecule has 0 N–H and O–H groups in total. The van der Waals surface area contributed by atoms with Gasteiger partial charge in [0.05, 0.1) is 0 Å². The molecule has 104 valence electrons. The van der Waals surface area contributed by atoms with Crippen molar-refractivity contribution in [1.82, 2.24) is 0 Å². The highest BCUT2D eigenvalue weighted by Gasteiger charge is 2.40. The molecule has 2 fully saturated rings. The van der Waals surface area contributed by atoms with Crippen molar-refractivity contribution in [2.24, 2.45) is 5.92 Å². The molecule has 0 radical (unpaired) electrons. The fourth-order valence-electron chi connectivity index (χ4n) is 3.45. The Balaban J connectivity index is 1.81. The maximum Gasteiger partial charge on any atom is 0.166 e. The SMILES string of the molecule is C#Cc1cccc(C(=O)C2CC3CCCC(C2)S3=O)c1. The van der Waals surface area contributed by atoms with E-state index in [0.29, 0.717) is 5.56 Å². The molecule has 0 saturated carbocycles. The number of carbonyl (C=O) groups is 1. The van der Waals surface area contributed by atoms with Crippen molar-refractivity contribution in [3.8, 4) is 12.3 Å². The first-order chi connectivity index (χ1) is 9.69. The molecule has 1 aromatic carbocycles. The zero-order chi connectivity index (χ0) is 14.1. The lowest BCUT2D eigenvalue weighted by atomic mass is 9.84. The number of rotatable bonds is 2. The second-order valence-electron chi connectivity index (χ2n) is 5.76. The van der Waals surface area contributed by atoms with Crippen LogP contribution in [0.3, 0.4) is 0 Å². The second-order valence-corrected chi connectivity index (χ2v) is 7.75. The third-order valence-corrected chi connectivity index (χ3v) is 6.66. The molecule has 2 nitrogen and oxygen atoms in total. The first kappa shape index (κ1) is 13.6. The molecular weight excluding hydrogens is 268 g/mol. The van der Waals surface area contributed by atoms with E-state index in [9.17, 15) is 9.00 Å². The summed E-state index contributed by atoms with van der Waals surface area (Å²) in [6.07, 6.45) is 10.1. The van der Waals surface area contributed by atoms with Crippen LogP contribution in [0.25, 0.3) is 0 Å². The number of hydrogen-bond donors (Lipinski definition) is 0. The van der Waals surface area contributed by atoms with E-state index in [0.717, 1.165) is 37.7 Å². The molecule has 20 heavy (non-hydrogen) atoms. The van der Waals surface area contributed by atoms with Gasteiger partial charge < -0.3 is 0 Å². The normalized spacial score (nSPS) is 32.4. The number of fused-ring (bicyclic) bond motifs is 2. The number of hydrogen-bond acceptors (Lipinski definition) is 2. The van der Waals surface area contributed by atoms with E-state index in [1.165, 1.54) is 0 Å². The smallest absolute Gasteiger partial charge is 0.166 e. The molecule has 0 amide bonds. The summed E-state index contributed by atoms with van der Waals surface area (Å²) in [6.45, 7) is 0. The van der Waals surface area contributed by atoms with Crippen LogP contribution in [0.5, 0.6) is 0 Å². The van der Waals surface area contributed by atoms with E-state index in [1.54, 1.807) is 6.07 Å². The summed E-state index contributed by atoms with van der Waals surface area (Å²) < 4.78 is 12.2. The van der Waals surface area contributed by atoms with Crippen LogP contribution < -0.4 is 0 Å². The molecule has 2 saturated heterocycles. The Hall–Kier alpha value is -1.40. The highest BCUT2D eigenvalue weighted by atomic mass is 32.2. The number of ketones is 1. The lowest BCUT2D eigenvalue weighted by molar-refractivity contribution is 0.0895. The van der Waals surface area contributed by atoms with Gasteiger partial charge in [-0.15, -0.1) is 6.42 Å². The summed E-state index contributed by atoms with van der Waals surface area (Å²) in [5.41, 5.74) is 1.45. The largest absolute Gasteiger partial charge is 0.294 e. The van der Waals surface area contributed by atoms with Crippen LogP contribution in [-0.4, -0.2) is 20.5 Å². The van der Waals surface area contributed by atoms with Crippen LogP contribution in [0.2, 0.25) is 0 Å². The fraction of sp³-hybridized carbons (Fsp3) is 0.471. The molecule has 2 atom stereocenters. The van der Waals surface area contributed by atoms with Crippen LogP contribution in [0.1, 0.15) is 48.0 Å². The van der Waals surface area contributed by atoms with Gasteiger partial charge >= 0.3 is 0 Å². The van der Waals surface area contributed by atoms with E-state index < -0.39 is 10.8 Å². The maximum absolute atomic E-state index is 12.6. The highest BCUT2D eigenvalue weighted by Crippen LogP contribution is 2.38. The van der Waals surface area contributed by atoms with Crippen molar-refractivity contribution >= 4 is 16.6 Å². The van der Waals surface area contributed by atoms with Crippen molar-refractivity contribution in [3.05, 3.63) is 35.4 Å². The Morgan fingerprint density at radius 2 is 1.95 bits per heavy atom. The number of terminal acetylenes is 1. The molecule has 3 heteroatoms. The van der Waals surface area contributed by atoms with Crippen molar-refractivity contribution in [2.75, 3.05) is 0 Å². The first-order valence-corrected chi connectivity index (χ1v) is 8.47. The van der Waals surface area contributed by atoms with Gasteiger partial charge in [-0.1, -0.05) is 24.5 Å². The van der Waals surface area contributed by atoms with Crippen molar-refractivity contribution < 1.29 is 9.00 Å². The Labute approximate surface area is 122 Å². The van der Waals surface area contributed by atoms with Crippen molar-refractivity contribution in [2.45, 2.75) is 42.6 Å². The second kappa shape index (κ2) is 5.54. The standard InChI is InChI=1S/C17H18O2S/c1-2-12-5-3-6-13(9-12)17(18)14-10-15-7-4-8-16(11-14)20(15)19/h1,3,5-6,9,14-16H,4,7-8,10-11H2. The molecule has 2 aliphatic rings. The summed E-state index contributed by atoms with van der Waals surface area (Å²) in [5.74, 6) is 2.77. The summed E-state index contributed by atoms with van der Waals surface area (Å²) in [6, 6.07) is 7.31. The van der Waals surface area contributed by atoms with Crippen molar-refractivity contribution in [1.29, 1.82) is 0 Å². The van der Waals surface area contributed by atoms with Gasteiger partial charge in [0.25, 0.3) is 0 Å². The fourth-order valence-corrected chi connectivity index (χ4v) is 5.63. The average Bonchev–Trinajstić information content (AvgIpc) is 2.46. The predicted octanol–water partition coefficient (Wildman–Crippen LogP) is 2.93. The minimum Gasteiger partial charge on any atom is -0.294 e. The van der Waals surface area contributed by atoms with Gasteiger partial charge in [-0.3, -0.25) is 9.00 Å². The van der Waals surface area contributed by atoms with Crippen LogP contribution in [0.15, 0.2) is 24.3 Å². The molecule has 0 spiro atoms. The third kappa shape index (κ3) is 2.45. The highest BCUT2D eigenvalue weighted by molar-refractivity contribution is 7.86. The van der Waals surface area contributed by atoms with Crippen molar-refractivity contribution in [3.63, 3.8) is 0 Å². The van der Waals surface area contributed by atoms with Crippen LogP contribution in [0.4, 0.5) is 0 Å². The van der Waals surface area contributed by atoms with Crippen LogP contribution >= 0.6 is 0 Å². The summed E-state index contributed by atoms with van der Waals surface area (Å²) in [5, 5.41) is 0.458. The maximum atomic E-state index is 12.6. The van der Waals surface area contributed by atoms with E-state index in [1.807, 2.05) is 18.2 Å². The van der Waals surface area contributed by atoms with E-state index in [-0.39, 0.29) is 22.2 Å². The predicted molar refractivity (Wildman–Crippen MR) is 81.0 cm³/mol. The molecule has 2 heterocycles. The first-order valence-electron chi connectivity index (χ1n) is 7.19. The molecule has 0 aromatic heterocycles. The number of Topliss-reactive ketones (excluding diaryl/α,β-unsaturated/α-hetero) is 1. The van der Waals surface area contributed by atoms with Gasteiger partial charge in [0, 0.05) is 38.3 Å². The van der Waals surface area contributed by atoms with Gasteiger partial charge in [0.15, 0.2) is 5.78 Å². The third-order valence-electron chi connectivity index (χ3n) is 4.49. The van der Waals surface area contributed by atoms with Crippen LogP contribution in [0, 0.1) is 18.3 Å². The summed E-state index contributed by atoms with van der Waals surface area (Å²) in [7, 11) is -0.720. The molecule has 2 bridgehead atoms. The van der Waals surface area contributed by atoms with E-state index >= 15 is 0 Å². The molecule has 2 unspecified atom stereocenters. The Bertz CT molecular complexity index is 583. The molecule has 3 rings (SSSR count). The summed E-state index contributed by atoms with van der Waals surface area (Å²) in [4.78, 5) is 12.6. The summed E-state index contributed by atoms with van der Waals surface area (Å²) >= 11 is 0. The lowest BCUT2D eigenvalue weighted by Gasteiger charge is -2.37. The molecule has 2 aliphatic heterocycles. The minimum atomic E-state index is -0.720.